The van der Waals surface area contributed by atoms with E-state index in [-0.39, 0.29) is 29.9 Å². The number of aliphatic hydroxyl groups excluding tert-OH is 1. The van der Waals surface area contributed by atoms with Crippen molar-refractivity contribution in [1.29, 1.82) is 5.26 Å². The minimum Gasteiger partial charge on any atom is -0.466 e. The lowest BCUT2D eigenvalue weighted by Crippen LogP contribution is -2.10. The topological polar surface area (TPSA) is 79.6 Å². The Bertz CT molecular complexity index is 526. The zero-order valence-corrected chi connectivity index (χ0v) is 10.7. The normalized spacial score (nSPS) is 10.2. The van der Waals surface area contributed by atoms with Gasteiger partial charge in [0, 0.05) is 5.56 Å². The maximum atomic E-state index is 12.3. The van der Waals surface area contributed by atoms with Crippen molar-refractivity contribution in [2.24, 2.45) is 0 Å². The lowest BCUT2D eigenvalue weighted by Gasteiger charge is -2.13. The van der Waals surface area contributed by atoms with Gasteiger partial charge in [-0.1, -0.05) is 0 Å². The van der Waals surface area contributed by atoms with E-state index in [1.807, 2.05) is 0 Å². The molecule has 0 aliphatic carbocycles. The molecule has 0 atom stereocenters. The first kappa shape index (κ1) is 15.9. The Kier molecular flexibility index (Phi) is 5.87. The average Bonchev–Trinajstić information content (AvgIpc) is 2.39. The first-order chi connectivity index (χ1) is 9.51. The van der Waals surface area contributed by atoms with Crippen LogP contribution in [0, 0.1) is 11.3 Å². The van der Waals surface area contributed by atoms with Gasteiger partial charge in [-0.05, 0) is 24.6 Å². The van der Waals surface area contributed by atoms with Crippen molar-refractivity contribution in [3.05, 3.63) is 28.8 Å². The van der Waals surface area contributed by atoms with Crippen LogP contribution in [0.25, 0.3) is 0 Å². The molecular formula is C13H13F2NO4. The highest BCUT2D eigenvalue weighted by atomic mass is 19.3. The molecule has 0 aliphatic heterocycles. The van der Waals surface area contributed by atoms with Crippen LogP contribution in [0.15, 0.2) is 12.1 Å². The summed E-state index contributed by atoms with van der Waals surface area (Å²) in [6.45, 7) is -1.84. The highest BCUT2D eigenvalue weighted by Crippen LogP contribution is 2.27. The maximum Gasteiger partial charge on any atom is 0.387 e. The first-order valence-electron chi connectivity index (χ1n) is 5.79. The van der Waals surface area contributed by atoms with Gasteiger partial charge in [-0.3, -0.25) is 4.79 Å². The first-order valence-corrected chi connectivity index (χ1v) is 5.79. The predicted octanol–water partition coefficient (Wildman–Crippen LogP) is 1.76. The van der Waals surface area contributed by atoms with Crippen molar-refractivity contribution in [3.63, 3.8) is 0 Å². The summed E-state index contributed by atoms with van der Waals surface area (Å²) >= 11 is 0. The van der Waals surface area contributed by atoms with Crippen LogP contribution in [-0.4, -0.2) is 24.3 Å². The second-order valence-electron chi connectivity index (χ2n) is 3.76. The number of nitriles is 1. The Morgan fingerprint density at radius 3 is 2.70 bits per heavy atom. The molecule has 5 nitrogen and oxygen atoms in total. The smallest absolute Gasteiger partial charge is 0.387 e. The number of halogens is 2. The summed E-state index contributed by atoms with van der Waals surface area (Å²) in [6, 6.07) is 4.29. The largest absolute Gasteiger partial charge is 0.466 e. The van der Waals surface area contributed by atoms with Crippen molar-refractivity contribution in [3.8, 4) is 11.8 Å². The van der Waals surface area contributed by atoms with Crippen molar-refractivity contribution in [1.82, 2.24) is 0 Å². The van der Waals surface area contributed by atoms with Gasteiger partial charge in [0.05, 0.1) is 25.2 Å². The van der Waals surface area contributed by atoms with Crippen molar-refractivity contribution >= 4 is 5.97 Å². The Labute approximate surface area is 114 Å². The second-order valence-corrected chi connectivity index (χ2v) is 3.76. The Morgan fingerprint density at radius 2 is 2.20 bits per heavy atom. The van der Waals surface area contributed by atoms with E-state index in [2.05, 4.69) is 4.74 Å². The van der Waals surface area contributed by atoms with E-state index in [0.717, 1.165) is 0 Å². The lowest BCUT2D eigenvalue weighted by molar-refractivity contribution is -0.142. The third kappa shape index (κ3) is 4.17. The van der Waals surface area contributed by atoms with Gasteiger partial charge >= 0.3 is 12.6 Å². The van der Waals surface area contributed by atoms with Crippen LogP contribution in [0.4, 0.5) is 8.78 Å². The molecule has 0 saturated carbocycles. The summed E-state index contributed by atoms with van der Waals surface area (Å²) < 4.78 is 33.5. The summed E-state index contributed by atoms with van der Waals surface area (Å²) in [6.07, 6.45) is -0.121. The number of hydrogen-bond donors (Lipinski definition) is 1. The van der Waals surface area contributed by atoms with Gasteiger partial charge in [-0.15, -0.1) is 0 Å². The molecule has 1 rings (SSSR count). The molecule has 0 aliphatic rings. The molecule has 0 fully saturated rings. The van der Waals surface area contributed by atoms with E-state index in [1.54, 1.807) is 13.0 Å². The Balaban J connectivity index is 3.12. The van der Waals surface area contributed by atoms with Crippen molar-refractivity contribution in [2.45, 2.75) is 26.6 Å². The molecule has 0 heterocycles. The van der Waals surface area contributed by atoms with Crippen molar-refractivity contribution in [2.75, 3.05) is 6.61 Å². The lowest BCUT2D eigenvalue weighted by atomic mass is 10.0. The highest BCUT2D eigenvalue weighted by molar-refractivity contribution is 5.73. The number of esters is 1. The van der Waals surface area contributed by atoms with Gasteiger partial charge in [-0.25, -0.2) is 0 Å². The van der Waals surface area contributed by atoms with Gasteiger partial charge in [0.15, 0.2) is 0 Å². The monoisotopic (exact) mass is 285 g/mol. The standard InChI is InChI=1S/C13H13F2NO4/c1-2-19-11(18)5-8-3-9(6-16)12(20-13(14)15)10(4-8)7-17/h3-4,13,17H,2,5,7H2,1H3. The molecule has 1 aromatic rings. The number of ether oxygens (including phenoxy) is 2. The van der Waals surface area contributed by atoms with E-state index >= 15 is 0 Å². The summed E-state index contributed by atoms with van der Waals surface area (Å²) in [4.78, 5) is 11.4. The van der Waals surface area contributed by atoms with Crippen LogP contribution in [-0.2, 0) is 22.6 Å². The van der Waals surface area contributed by atoms with E-state index in [1.165, 1.54) is 12.1 Å². The highest BCUT2D eigenvalue weighted by Gasteiger charge is 2.17. The molecular weight excluding hydrogens is 272 g/mol. The molecule has 1 aromatic carbocycles. The SMILES string of the molecule is CCOC(=O)Cc1cc(C#N)c(OC(F)F)c(CO)c1. The van der Waals surface area contributed by atoms with Crippen LogP contribution in [0.5, 0.6) is 5.75 Å². The summed E-state index contributed by atoms with van der Waals surface area (Å²) in [5.74, 6) is -0.889. The van der Waals surface area contributed by atoms with Gasteiger partial charge in [0.1, 0.15) is 11.8 Å². The molecule has 20 heavy (non-hydrogen) atoms. The van der Waals surface area contributed by atoms with Crippen LogP contribution >= 0.6 is 0 Å². The van der Waals surface area contributed by atoms with Crippen LogP contribution in [0.2, 0.25) is 0 Å². The minimum absolute atomic E-state index is 0.0173. The third-order valence-corrected chi connectivity index (χ3v) is 2.38. The fraction of sp³-hybridized carbons (Fsp3) is 0.385. The fourth-order valence-corrected chi connectivity index (χ4v) is 1.66. The van der Waals surface area contributed by atoms with E-state index in [9.17, 15) is 13.6 Å². The van der Waals surface area contributed by atoms with Gasteiger partial charge in [0.25, 0.3) is 0 Å². The number of benzene rings is 1. The van der Waals surface area contributed by atoms with Crippen LogP contribution in [0.1, 0.15) is 23.6 Å². The number of aliphatic hydroxyl groups is 1. The summed E-state index contributed by atoms with van der Waals surface area (Å²) in [5, 5.41) is 18.1. The summed E-state index contributed by atoms with van der Waals surface area (Å²) in [7, 11) is 0. The molecule has 108 valence electrons. The number of alkyl halides is 2. The number of carbonyl (C=O) groups is 1. The summed E-state index contributed by atoms with van der Waals surface area (Å²) in [5.41, 5.74) is 0.227. The maximum absolute atomic E-state index is 12.3. The van der Waals surface area contributed by atoms with E-state index in [0.29, 0.717) is 5.56 Å². The average molecular weight is 285 g/mol. The molecule has 0 bridgehead atoms. The van der Waals surface area contributed by atoms with Gasteiger partial charge in [0.2, 0.25) is 0 Å². The molecule has 0 saturated heterocycles. The molecule has 7 heteroatoms. The van der Waals surface area contributed by atoms with E-state index in [4.69, 9.17) is 15.1 Å². The fourth-order valence-electron chi connectivity index (χ4n) is 1.66. The van der Waals surface area contributed by atoms with Crippen molar-refractivity contribution < 1.29 is 28.2 Å². The number of carbonyl (C=O) groups excluding carboxylic acids is 1. The Hall–Kier alpha value is -2.20. The molecule has 0 unspecified atom stereocenters. The number of hydrogen-bond acceptors (Lipinski definition) is 5. The van der Waals surface area contributed by atoms with Crippen LogP contribution in [0.3, 0.4) is 0 Å². The number of nitrogens with zero attached hydrogens (tertiary/aromatic N) is 1. The zero-order chi connectivity index (χ0) is 15.1. The van der Waals surface area contributed by atoms with Gasteiger partial charge in [-0.2, -0.15) is 14.0 Å². The Morgan fingerprint density at radius 1 is 1.50 bits per heavy atom. The molecule has 0 aromatic heterocycles. The van der Waals surface area contributed by atoms with Crippen LogP contribution < -0.4 is 4.74 Å². The second kappa shape index (κ2) is 7.40. The van der Waals surface area contributed by atoms with Gasteiger partial charge < -0.3 is 14.6 Å². The predicted molar refractivity (Wildman–Crippen MR) is 64.0 cm³/mol. The molecule has 1 N–H and O–H groups in total. The third-order valence-electron chi connectivity index (χ3n) is 2.38. The molecule has 0 amide bonds. The zero-order valence-electron chi connectivity index (χ0n) is 10.7. The quantitative estimate of drug-likeness (QED) is 0.806. The number of rotatable bonds is 6. The molecule has 0 spiro atoms. The molecule has 0 radical (unpaired) electrons. The minimum atomic E-state index is -3.11. The van der Waals surface area contributed by atoms with E-state index < -0.39 is 19.2 Å².